The lowest BCUT2D eigenvalue weighted by Crippen LogP contribution is -2.25. The van der Waals surface area contributed by atoms with Crippen LogP contribution in [0.15, 0.2) is 41.2 Å². The number of H-pyrrole nitrogens is 1. The molecule has 0 bridgehead atoms. The van der Waals surface area contributed by atoms with Crippen molar-refractivity contribution in [2.45, 2.75) is 32.4 Å². The first kappa shape index (κ1) is 18.9. The van der Waals surface area contributed by atoms with Crippen LogP contribution in [0.3, 0.4) is 0 Å². The highest BCUT2D eigenvalue weighted by Gasteiger charge is 2.15. The van der Waals surface area contributed by atoms with Crippen LogP contribution in [0.25, 0.3) is 16.7 Å². The average molecular weight is 382 g/mol. The molecule has 1 atom stereocenters. The summed E-state index contributed by atoms with van der Waals surface area (Å²) in [4.78, 5) is 15.5. The lowest BCUT2D eigenvalue weighted by molar-refractivity contribution is 0.0183. The van der Waals surface area contributed by atoms with E-state index in [1.165, 1.54) is 0 Å². The van der Waals surface area contributed by atoms with Gasteiger partial charge in [0, 0.05) is 30.6 Å². The molecule has 7 heteroatoms. The zero-order valence-corrected chi connectivity index (χ0v) is 16.1. The number of aromatic amines is 1. The van der Waals surface area contributed by atoms with E-state index in [1.807, 2.05) is 43.3 Å². The van der Waals surface area contributed by atoms with Gasteiger partial charge < -0.3 is 19.8 Å². The molecule has 3 aromatic rings. The molecule has 28 heavy (non-hydrogen) atoms. The molecule has 7 nitrogen and oxygen atoms in total. The number of nitrogens with one attached hydrogen (secondary N) is 2. The standard InChI is InChI=1S/C21H26N4O3/c1-15-19-12-16(13-22-9-11-27-14-18-8-5-10-28-18)21(26)23-20(19)25(24-15)17-6-3-2-4-7-17/h2-4,6-7,12,18,22H,5,8-11,13-14H2,1H3,(H,23,26)/t18-/m0/s1. The molecule has 0 saturated carbocycles. The molecular formula is C21H26N4O3. The summed E-state index contributed by atoms with van der Waals surface area (Å²) < 4.78 is 13.0. The van der Waals surface area contributed by atoms with Crippen molar-refractivity contribution in [2.75, 3.05) is 26.4 Å². The first-order valence-electron chi connectivity index (χ1n) is 9.79. The zero-order chi connectivity index (χ0) is 19.3. The molecule has 0 radical (unpaired) electrons. The molecule has 0 amide bonds. The van der Waals surface area contributed by atoms with E-state index in [0.717, 1.165) is 41.9 Å². The first-order valence-corrected chi connectivity index (χ1v) is 9.79. The Labute approximate surface area is 163 Å². The Morgan fingerprint density at radius 1 is 1.36 bits per heavy atom. The normalized spacial score (nSPS) is 16.8. The van der Waals surface area contributed by atoms with Crippen molar-refractivity contribution in [1.82, 2.24) is 20.1 Å². The van der Waals surface area contributed by atoms with Crippen LogP contribution in [0.2, 0.25) is 0 Å². The zero-order valence-electron chi connectivity index (χ0n) is 16.1. The Kier molecular flexibility index (Phi) is 5.85. The minimum absolute atomic E-state index is 0.0997. The van der Waals surface area contributed by atoms with Gasteiger partial charge in [-0.25, -0.2) is 4.68 Å². The molecule has 0 aliphatic carbocycles. The highest BCUT2D eigenvalue weighted by Crippen LogP contribution is 2.19. The molecule has 0 unspecified atom stereocenters. The highest BCUT2D eigenvalue weighted by molar-refractivity contribution is 5.80. The van der Waals surface area contributed by atoms with Crippen LogP contribution >= 0.6 is 0 Å². The van der Waals surface area contributed by atoms with Crippen molar-refractivity contribution in [3.05, 3.63) is 58.0 Å². The lowest BCUT2D eigenvalue weighted by atomic mass is 10.2. The Morgan fingerprint density at radius 2 is 2.21 bits per heavy atom. The maximum absolute atomic E-state index is 12.5. The van der Waals surface area contributed by atoms with Crippen LogP contribution in [0, 0.1) is 6.92 Å². The second kappa shape index (κ2) is 8.68. The van der Waals surface area contributed by atoms with Gasteiger partial charge in [-0.05, 0) is 38.0 Å². The van der Waals surface area contributed by atoms with Crippen molar-refractivity contribution < 1.29 is 9.47 Å². The average Bonchev–Trinajstić information content (AvgIpc) is 3.33. The van der Waals surface area contributed by atoms with Crippen molar-refractivity contribution in [3.8, 4) is 5.69 Å². The summed E-state index contributed by atoms with van der Waals surface area (Å²) in [6.07, 6.45) is 2.45. The van der Waals surface area contributed by atoms with Crippen molar-refractivity contribution in [2.24, 2.45) is 0 Å². The van der Waals surface area contributed by atoms with E-state index in [4.69, 9.17) is 9.47 Å². The number of aryl methyl sites for hydroxylation is 1. The fraction of sp³-hybridized carbons (Fsp3) is 0.429. The minimum Gasteiger partial charge on any atom is -0.377 e. The van der Waals surface area contributed by atoms with E-state index in [-0.39, 0.29) is 11.7 Å². The number of nitrogens with zero attached hydrogens (tertiary/aromatic N) is 2. The predicted molar refractivity (Wildman–Crippen MR) is 108 cm³/mol. The molecule has 1 aromatic carbocycles. The number of pyridine rings is 1. The summed E-state index contributed by atoms with van der Waals surface area (Å²) in [5, 5.41) is 8.83. The molecule has 4 rings (SSSR count). The second-order valence-corrected chi connectivity index (χ2v) is 7.11. The van der Waals surface area contributed by atoms with Crippen LogP contribution in [0.5, 0.6) is 0 Å². The fourth-order valence-corrected chi connectivity index (χ4v) is 3.51. The summed E-state index contributed by atoms with van der Waals surface area (Å²) in [6, 6.07) is 11.7. The molecule has 0 spiro atoms. The van der Waals surface area contributed by atoms with Crippen LogP contribution in [0.4, 0.5) is 0 Å². The van der Waals surface area contributed by atoms with E-state index >= 15 is 0 Å². The van der Waals surface area contributed by atoms with Crippen LogP contribution < -0.4 is 10.9 Å². The quantitative estimate of drug-likeness (QED) is 0.585. The second-order valence-electron chi connectivity index (χ2n) is 7.11. The maximum atomic E-state index is 12.5. The summed E-state index contributed by atoms with van der Waals surface area (Å²) in [5.41, 5.74) is 3.12. The number of aromatic nitrogens is 3. The van der Waals surface area contributed by atoms with Gasteiger partial charge >= 0.3 is 0 Å². The van der Waals surface area contributed by atoms with E-state index in [0.29, 0.717) is 31.9 Å². The van der Waals surface area contributed by atoms with E-state index in [2.05, 4.69) is 15.4 Å². The van der Waals surface area contributed by atoms with Gasteiger partial charge in [0.2, 0.25) is 0 Å². The summed E-state index contributed by atoms with van der Waals surface area (Å²) >= 11 is 0. The predicted octanol–water partition coefficient (Wildman–Crippen LogP) is 2.31. The van der Waals surface area contributed by atoms with E-state index in [9.17, 15) is 4.79 Å². The largest absolute Gasteiger partial charge is 0.377 e. The van der Waals surface area contributed by atoms with Crippen molar-refractivity contribution in [1.29, 1.82) is 0 Å². The summed E-state index contributed by atoms with van der Waals surface area (Å²) in [7, 11) is 0. The molecule has 1 saturated heterocycles. The van der Waals surface area contributed by atoms with E-state index < -0.39 is 0 Å². The van der Waals surface area contributed by atoms with Crippen LogP contribution in [-0.4, -0.2) is 47.2 Å². The number of hydrogen-bond acceptors (Lipinski definition) is 5. The van der Waals surface area contributed by atoms with E-state index in [1.54, 1.807) is 4.68 Å². The van der Waals surface area contributed by atoms with Crippen molar-refractivity contribution >= 4 is 11.0 Å². The number of fused-ring (bicyclic) bond motifs is 1. The first-order chi connectivity index (χ1) is 13.7. The van der Waals surface area contributed by atoms with Gasteiger partial charge in [0.1, 0.15) is 5.65 Å². The number of para-hydroxylation sites is 1. The molecule has 1 fully saturated rings. The topological polar surface area (TPSA) is 81.2 Å². The van der Waals surface area contributed by atoms with Gasteiger partial charge in [-0.1, -0.05) is 18.2 Å². The fourth-order valence-electron chi connectivity index (χ4n) is 3.51. The Morgan fingerprint density at radius 3 is 3.00 bits per heavy atom. The molecule has 1 aliphatic rings. The number of hydrogen-bond donors (Lipinski definition) is 2. The third-order valence-corrected chi connectivity index (χ3v) is 5.02. The smallest absolute Gasteiger partial charge is 0.254 e. The Hall–Kier alpha value is -2.48. The van der Waals surface area contributed by atoms with Crippen molar-refractivity contribution in [3.63, 3.8) is 0 Å². The number of benzene rings is 1. The Balaban J connectivity index is 1.39. The summed E-state index contributed by atoms with van der Waals surface area (Å²) in [5.74, 6) is 0. The molecule has 1 aliphatic heterocycles. The third-order valence-electron chi connectivity index (χ3n) is 5.02. The number of rotatable bonds is 8. The van der Waals surface area contributed by atoms with Gasteiger partial charge in [0.25, 0.3) is 5.56 Å². The van der Waals surface area contributed by atoms with Crippen LogP contribution in [-0.2, 0) is 16.0 Å². The summed E-state index contributed by atoms with van der Waals surface area (Å²) in [6.45, 7) is 5.22. The maximum Gasteiger partial charge on any atom is 0.254 e. The number of ether oxygens (including phenoxy) is 2. The third kappa shape index (κ3) is 4.16. The molecule has 2 N–H and O–H groups in total. The van der Waals surface area contributed by atoms with Gasteiger partial charge in [0.15, 0.2) is 0 Å². The van der Waals surface area contributed by atoms with Gasteiger partial charge in [-0.3, -0.25) is 4.79 Å². The molecule has 148 valence electrons. The van der Waals surface area contributed by atoms with Gasteiger partial charge in [-0.2, -0.15) is 5.10 Å². The molecular weight excluding hydrogens is 356 g/mol. The Bertz CT molecular complexity index is 974. The highest BCUT2D eigenvalue weighted by atomic mass is 16.5. The van der Waals surface area contributed by atoms with Crippen LogP contribution in [0.1, 0.15) is 24.1 Å². The minimum atomic E-state index is -0.0997. The van der Waals surface area contributed by atoms with Gasteiger partial charge in [-0.15, -0.1) is 0 Å². The monoisotopic (exact) mass is 382 g/mol. The lowest BCUT2D eigenvalue weighted by Gasteiger charge is -2.10. The molecule has 2 aromatic heterocycles. The van der Waals surface area contributed by atoms with Gasteiger partial charge in [0.05, 0.1) is 30.7 Å². The SMILES string of the molecule is Cc1nn(-c2ccccc2)c2[nH]c(=O)c(CNCCOC[C@@H]3CCCO3)cc12. The molecule has 3 heterocycles.